The average Bonchev–Trinajstić information content (AvgIpc) is 3.14. The van der Waals surface area contributed by atoms with Crippen molar-refractivity contribution in [2.24, 2.45) is 5.73 Å². The largest absolute Gasteiger partial charge is 0.341 e. The van der Waals surface area contributed by atoms with Crippen molar-refractivity contribution in [1.29, 1.82) is 0 Å². The van der Waals surface area contributed by atoms with Crippen LogP contribution in [0, 0.1) is 18.4 Å². The van der Waals surface area contributed by atoms with Crippen molar-refractivity contribution < 1.29 is 0 Å². The summed E-state index contributed by atoms with van der Waals surface area (Å²) in [6.07, 6.45) is 1.93. The van der Waals surface area contributed by atoms with E-state index in [9.17, 15) is 4.79 Å². The molecule has 0 aliphatic carbocycles. The van der Waals surface area contributed by atoms with E-state index in [1.807, 2.05) is 4.57 Å². The summed E-state index contributed by atoms with van der Waals surface area (Å²) in [6.45, 7) is 10.9. The van der Waals surface area contributed by atoms with Gasteiger partial charge < -0.3 is 10.6 Å². The highest BCUT2D eigenvalue weighted by Crippen LogP contribution is 2.24. The van der Waals surface area contributed by atoms with Gasteiger partial charge in [-0.2, -0.15) is 9.97 Å². The highest BCUT2D eigenvalue weighted by molar-refractivity contribution is 6.28. The van der Waals surface area contributed by atoms with Crippen LogP contribution < -0.4 is 16.2 Å². The summed E-state index contributed by atoms with van der Waals surface area (Å²) in [7, 11) is 0. The fraction of sp³-hybridized carbons (Fsp3) is 0.364. The molecule has 1 atom stereocenters. The van der Waals surface area contributed by atoms with Crippen LogP contribution in [-0.2, 0) is 13.1 Å². The second kappa shape index (κ2) is 8.81. The minimum Gasteiger partial charge on any atom is -0.341 e. The molecule has 8 nitrogen and oxygen atoms in total. The summed E-state index contributed by atoms with van der Waals surface area (Å²) in [6, 6.07) is 7.10. The first-order valence-corrected chi connectivity index (χ1v) is 10.4. The molecule has 1 aliphatic heterocycles. The molecule has 0 spiro atoms. The molecule has 2 aromatic heterocycles. The molecule has 9 heteroatoms. The molecule has 3 aromatic rings. The van der Waals surface area contributed by atoms with Gasteiger partial charge in [0, 0.05) is 19.1 Å². The van der Waals surface area contributed by atoms with Crippen LogP contribution in [0.3, 0.4) is 0 Å². The second-order valence-corrected chi connectivity index (χ2v) is 7.83. The summed E-state index contributed by atoms with van der Waals surface area (Å²) >= 11 is 6.38. The maximum absolute atomic E-state index is 13.5. The SMILES string of the molecule is [C-]#[N+]c1ccc(Cn2c(Cl)nc3nc(N4CCCC(N)C4)n(CC#CC)c3c2=O)cc1. The zero-order valence-electron chi connectivity index (χ0n) is 17.2. The first-order chi connectivity index (χ1) is 15.0. The topological polar surface area (TPSA) is 86.3 Å². The fourth-order valence-electron chi connectivity index (χ4n) is 3.81. The predicted octanol–water partition coefficient (Wildman–Crippen LogP) is 2.80. The van der Waals surface area contributed by atoms with Gasteiger partial charge in [0.05, 0.1) is 19.7 Å². The number of benzene rings is 1. The van der Waals surface area contributed by atoms with Gasteiger partial charge in [0.25, 0.3) is 5.56 Å². The number of nitrogens with zero attached hydrogens (tertiary/aromatic N) is 6. The molecular weight excluding hydrogens is 414 g/mol. The highest BCUT2D eigenvalue weighted by Gasteiger charge is 2.25. The van der Waals surface area contributed by atoms with Crippen LogP contribution in [0.5, 0.6) is 0 Å². The summed E-state index contributed by atoms with van der Waals surface area (Å²) < 4.78 is 3.23. The molecule has 1 unspecified atom stereocenters. The second-order valence-electron chi connectivity index (χ2n) is 7.50. The number of anilines is 1. The van der Waals surface area contributed by atoms with Gasteiger partial charge in [-0.05, 0) is 36.9 Å². The van der Waals surface area contributed by atoms with Crippen LogP contribution in [0.1, 0.15) is 25.3 Å². The van der Waals surface area contributed by atoms with Gasteiger partial charge in [-0.15, -0.1) is 5.92 Å². The molecular formula is C22H22ClN7O. The molecule has 158 valence electrons. The lowest BCUT2D eigenvalue weighted by atomic mass is 10.1. The predicted molar refractivity (Wildman–Crippen MR) is 121 cm³/mol. The van der Waals surface area contributed by atoms with E-state index in [1.165, 1.54) is 4.57 Å². The molecule has 31 heavy (non-hydrogen) atoms. The van der Waals surface area contributed by atoms with Crippen LogP contribution in [0.2, 0.25) is 5.28 Å². The van der Waals surface area contributed by atoms with E-state index in [0.29, 0.717) is 35.9 Å². The van der Waals surface area contributed by atoms with Crippen molar-refractivity contribution in [3.8, 4) is 11.8 Å². The lowest BCUT2D eigenvalue weighted by Crippen LogP contribution is -2.44. The van der Waals surface area contributed by atoms with Crippen LogP contribution in [0.25, 0.3) is 16.0 Å². The number of halogens is 1. The third kappa shape index (κ3) is 4.13. The molecule has 1 fully saturated rings. The zero-order valence-corrected chi connectivity index (χ0v) is 17.9. The third-order valence-corrected chi connectivity index (χ3v) is 5.65. The molecule has 0 bridgehead atoms. The van der Waals surface area contributed by atoms with Crippen LogP contribution in [-0.4, -0.2) is 38.2 Å². The Morgan fingerprint density at radius 3 is 2.74 bits per heavy atom. The molecule has 4 rings (SSSR count). The summed E-state index contributed by atoms with van der Waals surface area (Å²) in [4.78, 5) is 28.0. The van der Waals surface area contributed by atoms with E-state index in [-0.39, 0.29) is 23.4 Å². The van der Waals surface area contributed by atoms with Crippen molar-refractivity contribution in [2.45, 2.75) is 38.9 Å². The number of aromatic nitrogens is 4. The average molecular weight is 436 g/mol. The lowest BCUT2D eigenvalue weighted by Gasteiger charge is -2.31. The molecule has 0 saturated carbocycles. The van der Waals surface area contributed by atoms with Gasteiger partial charge in [-0.25, -0.2) is 4.85 Å². The molecule has 1 aliphatic rings. The van der Waals surface area contributed by atoms with E-state index in [0.717, 1.165) is 24.9 Å². The van der Waals surface area contributed by atoms with Gasteiger partial charge in [-0.3, -0.25) is 13.9 Å². The maximum Gasteiger partial charge on any atom is 0.281 e. The van der Waals surface area contributed by atoms with Gasteiger partial charge in [-0.1, -0.05) is 30.2 Å². The Labute approximate surface area is 185 Å². The summed E-state index contributed by atoms with van der Waals surface area (Å²) in [5, 5.41) is 0.0693. The molecule has 0 radical (unpaired) electrons. The van der Waals surface area contributed by atoms with E-state index < -0.39 is 0 Å². The minimum atomic E-state index is -0.276. The van der Waals surface area contributed by atoms with E-state index in [2.05, 4.69) is 31.6 Å². The number of hydrogen-bond acceptors (Lipinski definition) is 5. The number of nitrogens with two attached hydrogens (primary N) is 1. The minimum absolute atomic E-state index is 0.0610. The summed E-state index contributed by atoms with van der Waals surface area (Å²) in [5.74, 6) is 6.57. The monoisotopic (exact) mass is 435 g/mol. The van der Waals surface area contributed by atoms with Crippen molar-refractivity contribution in [3.05, 3.63) is 56.9 Å². The first-order valence-electron chi connectivity index (χ1n) is 10.0. The molecule has 3 heterocycles. The highest BCUT2D eigenvalue weighted by atomic mass is 35.5. The normalized spacial score (nSPS) is 16.1. The van der Waals surface area contributed by atoms with Gasteiger partial charge in [0.2, 0.25) is 11.2 Å². The van der Waals surface area contributed by atoms with Crippen LogP contribution in [0.4, 0.5) is 11.6 Å². The number of piperidine rings is 1. The molecule has 2 N–H and O–H groups in total. The zero-order chi connectivity index (χ0) is 22.0. The molecule has 1 saturated heterocycles. The van der Waals surface area contributed by atoms with Crippen molar-refractivity contribution in [3.63, 3.8) is 0 Å². The number of fused-ring (bicyclic) bond motifs is 1. The van der Waals surface area contributed by atoms with E-state index >= 15 is 0 Å². The van der Waals surface area contributed by atoms with Crippen molar-refractivity contribution in [1.82, 2.24) is 19.1 Å². The van der Waals surface area contributed by atoms with Crippen LogP contribution >= 0.6 is 11.6 Å². The van der Waals surface area contributed by atoms with Crippen LogP contribution in [0.15, 0.2) is 29.1 Å². The molecule has 0 amide bonds. The lowest BCUT2D eigenvalue weighted by molar-refractivity contribution is 0.496. The number of imidazole rings is 1. The van der Waals surface area contributed by atoms with Gasteiger partial charge >= 0.3 is 0 Å². The van der Waals surface area contributed by atoms with Crippen molar-refractivity contribution in [2.75, 3.05) is 18.0 Å². The maximum atomic E-state index is 13.5. The first kappa shape index (κ1) is 20.9. The molecule has 1 aromatic carbocycles. The third-order valence-electron chi connectivity index (χ3n) is 5.36. The number of rotatable bonds is 4. The Morgan fingerprint density at radius 2 is 2.06 bits per heavy atom. The van der Waals surface area contributed by atoms with E-state index in [1.54, 1.807) is 31.2 Å². The quantitative estimate of drug-likeness (QED) is 0.387. The van der Waals surface area contributed by atoms with Crippen molar-refractivity contribution >= 4 is 34.4 Å². The Kier molecular flexibility index (Phi) is 5.94. The Bertz CT molecular complexity index is 1270. The fourth-order valence-corrected chi connectivity index (χ4v) is 4.03. The van der Waals surface area contributed by atoms with Gasteiger partial charge in [0.15, 0.2) is 16.9 Å². The van der Waals surface area contributed by atoms with Gasteiger partial charge in [0.1, 0.15) is 0 Å². The smallest absolute Gasteiger partial charge is 0.281 e. The Morgan fingerprint density at radius 1 is 1.29 bits per heavy atom. The standard InChI is InChI=1S/C22H22ClN7O/c1-3-4-12-29-18-19(27-22(29)28-11-5-6-16(24)14-28)26-21(23)30(20(18)31)13-15-7-9-17(25-2)10-8-15/h7-10,16H,5-6,11-14,24H2,1H3. The summed E-state index contributed by atoms with van der Waals surface area (Å²) in [5.41, 5.74) is 7.95. The number of hydrogen-bond donors (Lipinski definition) is 1. The van der Waals surface area contributed by atoms with E-state index in [4.69, 9.17) is 23.9 Å². The Hall–Kier alpha value is -3.33. The Balaban J connectivity index is 1.83.